The summed E-state index contributed by atoms with van der Waals surface area (Å²) < 4.78 is 11.3. The molecule has 0 aliphatic heterocycles. The second kappa shape index (κ2) is 14.3. The molecule has 0 aliphatic rings. The van der Waals surface area contributed by atoms with E-state index in [1.165, 1.54) is 57.1 Å². The Morgan fingerprint density at radius 1 is 0.667 bits per heavy atom. The quantitative estimate of drug-likeness (QED) is 0.309. The molecule has 2 N–H and O–H groups in total. The summed E-state index contributed by atoms with van der Waals surface area (Å²) in [5.41, 5.74) is -0.128. The fourth-order valence-electron chi connectivity index (χ4n) is 3.29. The molecule has 0 radical (unpaired) electrons. The Morgan fingerprint density at radius 2 is 1.17 bits per heavy atom. The molecule has 2 aromatic carbocycles. The normalized spacial score (nSPS) is 10.7. The standard InChI is InChI=1S/C25H34O5/c26-24-17-16-22(20-23(24)25(27)28)30-19-13-8-6-4-2-1-3-5-7-12-18-29-21-14-10-9-11-15-21/h9-11,14-17,20,26H,1-8,12-13,18-19H2,(H,27,28). The van der Waals surface area contributed by atoms with Crippen molar-refractivity contribution in [3.8, 4) is 17.2 Å². The van der Waals surface area contributed by atoms with Crippen LogP contribution in [-0.2, 0) is 0 Å². The first-order chi connectivity index (χ1) is 14.7. The van der Waals surface area contributed by atoms with Crippen LogP contribution < -0.4 is 9.47 Å². The molecule has 0 saturated heterocycles. The number of carbonyl (C=O) groups is 1. The lowest BCUT2D eigenvalue weighted by atomic mass is 10.1. The number of unbranched alkanes of at least 4 members (excludes halogenated alkanes) is 9. The number of phenols is 1. The van der Waals surface area contributed by atoms with Crippen molar-refractivity contribution < 1.29 is 24.5 Å². The highest BCUT2D eigenvalue weighted by molar-refractivity contribution is 5.91. The number of ether oxygens (including phenoxy) is 2. The molecule has 0 bridgehead atoms. The highest BCUT2D eigenvalue weighted by Crippen LogP contribution is 2.23. The van der Waals surface area contributed by atoms with Gasteiger partial charge in [0.1, 0.15) is 22.8 Å². The van der Waals surface area contributed by atoms with Gasteiger partial charge in [-0.05, 0) is 43.2 Å². The van der Waals surface area contributed by atoms with E-state index < -0.39 is 5.97 Å². The molecular weight excluding hydrogens is 380 g/mol. The van der Waals surface area contributed by atoms with Crippen molar-refractivity contribution in [2.24, 2.45) is 0 Å². The number of benzene rings is 2. The van der Waals surface area contributed by atoms with Crippen molar-refractivity contribution in [1.82, 2.24) is 0 Å². The van der Waals surface area contributed by atoms with Crippen LogP contribution in [0.2, 0.25) is 0 Å². The van der Waals surface area contributed by atoms with Gasteiger partial charge in [0.05, 0.1) is 13.2 Å². The zero-order chi connectivity index (χ0) is 21.4. The van der Waals surface area contributed by atoms with E-state index in [-0.39, 0.29) is 11.3 Å². The summed E-state index contributed by atoms with van der Waals surface area (Å²) in [4.78, 5) is 11.0. The molecule has 0 aromatic heterocycles. The van der Waals surface area contributed by atoms with Crippen molar-refractivity contribution in [2.45, 2.75) is 64.2 Å². The summed E-state index contributed by atoms with van der Waals surface area (Å²) in [6, 6.07) is 14.3. The van der Waals surface area contributed by atoms with Gasteiger partial charge in [0, 0.05) is 0 Å². The van der Waals surface area contributed by atoms with Crippen molar-refractivity contribution in [3.63, 3.8) is 0 Å². The number of carboxylic acids is 1. The van der Waals surface area contributed by atoms with Crippen molar-refractivity contribution in [2.75, 3.05) is 13.2 Å². The number of carboxylic acid groups (broad SMARTS) is 1. The van der Waals surface area contributed by atoms with Crippen LogP contribution in [0, 0.1) is 0 Å². The average molecular weight is 415 g/mol. The zero-order valence-corrected chi connectivity index (χ0v) is 17.7. The van der Waals surface area contributed by atoms with Crippen LogP contribution in [-0.4, -0.2) is 29.4 Å². The van der Waals surface area contributed by atoms with Crippen LogP contribution in [0.4, 0.5) is 0 Å². The molecule has 5 heteroatoms. The Labute approximate surface area is 179 Å². The summed E-state index contributed by atoms with van der Waals surface area (Å²) >= 11 is 0. The molecule has 0 spiro atoms. The Balaban J connectivity index is 1.37. The molecule has 0 atom stereocenters. The first-order valence-electron chi connectivity index (χ1n) is 11.0. The maximum absolute atomic E-state index is 11.0. The molecule has 0 fully saturated rings. The average Bonchev–Trinajstić information content (AvgIpc) is 2.75. The first kappa shape index (κ1) is 23.6. The molecular formula is C25H34O5. The largest absolute Gasteiger partial charge is 0.507 e. The van der Waals surface area contributed by atoms with Gasteiger partial charge in [-0.25, -0.2) is 4.79 Å². The number of para-hydroxylation sites is 1. The molecule has 5 nitrogen and oxygen atoms in total. The lowest BCUT2D eigenvalue weighted by Gasteiger charge is -2.08. The third-order valence-corrected chi connectivity index (χ3v) is 5.02. The number of hydrogen-bond acceptors (Lipinski definition) is 4. The molecule has 0 heterocycles. The van der Waals surface area contributed by atoms with Gasteiger partial charge in [-0.2, -0.15) is 0 Å². The van der Waals surface area contributed by atoms with E-state index in [0.717, 1.165) is 31.6 Å². The van der Waals surface area contributed by atoms with Crippen molar-refractivity contribution >= 4 is 5.97 Å². The minimum absolute atomic E-state index is 0.128. The van der Waals surface area contributed by atoms with Gasteiger partial charge in [0.2, 0.25) is 0 Å². The predicted molar refractivity (Wildman–Crippen MR) is 119 cm³/mol. The summed E-state index contributed by atoms with van der Waals surface area (Å²) in [5, 5.41) is 18.5. The van der Waals surface area contributed by atoms with Crippen LogP contribution in [0.1, 0.15) is 74.6 Å². The second-order valence-electron chi connectivity index (χ2n) is 7.53. The molecule has 30 heavy (non-hydrogen) atoms. The van der Waals surface area contributed by atoms with Gasteiger partial charge in [0.25, 0.3) is 0 Å². The Kier molecular flexibility index (Phi) is 11.3. The van der Waals surface area contributed by atoms with E-state index in [0.29, 0.717) is 12.4 Å². The highest BCUT2D eigenvalue weighted by Gasteiger charge is 2.10. The SMILES string of the molecule is O=C(O)c1cc(OCCCCCCCCCCCCOc2ccccc2)ccc1O. The fourth-order valence-corrected chi connectivity index (χ4v) is 3.29. The van der Waals surface area contributed by atoms with Crippen LogP contribution in [0.25, 0.3) is 0 Å². The first-order valence-corrected chi connectivity index (χ1v) is 11.0. The topological polar surface area (TPSA) is 76.0 Å². The summed E-state index contributed by atoms with van der Waals surface area (Å²) in [7, 11) is 0. The van der Waals surface area contributed by atoms with E-state index >= 15 is 0 Å². The lowest BCUT2D eigenvalue weighted by Crippen LogP contribution is -2.01. The number of aromatic hydroxyl groups is 1. The molecule has 0 saturated carbocycles. The molecule has 0 amide bonds. The van der Waals surface area contributed by atoms with Crippen molar-refractivity contribution in [1.29, 1.82) is 0 Å². The third-order valence-electron chi connectivity index (χ3n) is 5.02. The summed E-state index contributed by atoms with van der Waals surface area (Å²) in [6.07, 6.45) is 12.0. The van der Waals surface area contributed by atoms with Gasteiger partial charge >= 0.3 is 5.97 Å². The van der Waals surface area contributed by atoms with Crippen LogP contribution in [0.3, 0.4) is 0 Å². The minimum atomic E-state index is -1.15. The van der Waals surface area contributed by atoms with Crippen molar-refractivity contribution in [3.05, 3.63) is 54.1 Å². The van der Waals surface area contributed by atoms with Gasteiger partial charge in [0.15, 0.2) is 0 Å². The van der Waals surface area contributed by atoms with Gasteiger partial charge in [-0.3, -0.25) is 0 Å². The van der Waals surface area contributed by atoms with E-state index in [1.54, 1.807) is 6.07 Å². The molecule has 0 aliphatic carbocycles. The maximum Gasteiger partial charge on any atom is 0.339 e. The molecule has 164 valence electrons. The zero-order valence-electron chi connectivity index (χ0n) is 17.7. The lowest BCUT2D eigenvalue weighted by molar-refractivity contribution is 0.0693. The highest BCUT2D eigenvalue weighted by atomic mass is 16.5. The summed E-state index contributed by atoms with van der Waals surface area (Å²) in [6.45, 7) is 1.36. The number of hydrogen-bond donors (Lipinski definition) is 2. The molecule has 2 aromatic rings. The van der Waals surface area contributed by atoms with Gasteiger partial charge in [-0.1, -0.05) is 69.6 Å². The van der Waals surface area contributed by atoms with E-state index in [9.17, 15) is 9.90 Å². The van der Waals surface area contributed by atoms with E-state index in [2.05, 4.69) is 0 Å². The monoisotopic (exact) mass is 414 g/mol. The third kappa shape index (κ3) is 9.68. The smallest absolute Gasteiger partial charge is 0.339 e. The summed E-state index contributed by atoms with van der Waals surface area (Å²) in [5.74, 6) is 0.0455. The minimum Gasteiger partial charge on any atom is -0.507 e. The van der Waals surface area contributed by atoms with Gasteiger partial charge in [-0.15, -0.1) is 0 Å². The molecule has 0 unspecified atom stereocenters. The van der Waals surface area contributed by atoms with Gasteiger partial charge < -0.3 is 19.7 Å². The Bertz CT molecular complexity index is 730. The molecule has 2 rings (SSSR count). The second-order valence-corrected chi connectivity index (χ2v) is 7.53. The van der Waals surface area contributed by atoms with E-state index in [4.69, 9.17) is 14.6 Å². The van der Waals surface area contributed by atoms with E-state index in [1.807, 2.05) is 30.3 Å². The Morgan fingerprint density at radius 3 is 1.70 bits per heavy atom. The maximum atomic E-state index is 11.0. The van der Waals surface area contributed by atoms with Crippen LogP contribution in [0.15, 0.2) is 48.5 Å². The number of rotatable bonds is 16. The number of aromatic carboxylic acids is 1. The predicted octanol–water partition coefficient (Wildman–Crippen LogP) is 6.45. The van der Waals surface area contributed by atoms with Crippen LogP contribution in [0.5, 0.6) is 17.2 Å². The Hall–Kier alpha value is -2.69. The van der Waals surface area contributed by atoms with Crippen LogP contribution >= 0.6 is 0 Å². The fraction of sp³-hybridized carbons (Fsp3) is 0.480.